The van der Waals surface area contributed by atoms with E-state index in [1.54, 1.807) is 12.1 Å². The zero-order valence-electron chi connectivity index (χ0n) is 10.7. The molecule has 0 atom stereocenters. The maximum atomic E-state index is 13.6. The Morgan fingerprint density at radius 3 is 2.68 bits per heavy atom. The van der Waals surface area contributed by atoms with Gasteiger partial charge in [0.2, 0.25) is 0 Å². The average Bonchev–Trinajstić information content (AvgIpc) is 2.60. The number of rotatable bonds is 4. The van der Waals surface area contributed by atoms with Gasteiger partial charge in [0, 0.05) is 30.2 Å². The van der Waals surface area contributed by atoms with Gasteiger partial charge in [-0.25, -0.2) is 4.39 Å². The first kappa shape index (κ1) is 14.7. The van der Waals surface area contributed by atoms with Crippen LogP contribution in [0.25, 0.3) is 0 Å². The van der Waals surface area contributed by atoms with E-state index in [4.69, 9.17) is 0 Å². The highest BCUT2D eigenvalue weighted by Crippen LogP contribution is 2.20. The number of halogens is 3. The zero-order chi connectivity index (χ0) is 14.0. The van der Waals surface area contributed by atoms with Gasteiger partial charge < -0.3 is 5.32 Å². The van der Waals surface area contributed by atoms with Gasteiger partial charge in [-0.05, 0) is 41.1 Å². The number of benzene rings is 1. The fourth-order valence-electron chi connectivity index (χ4n) is 1.87. The summed E-state index contributed by atoms with van der Waals surface area (Å²) in [7, 11) is 1.90. The molecule has 0 spiro atoms. The van der Waals surface area contributed by atoms with Crippen molar-refractivity contribution in [3.05, 3.63) is 49.9 Å². The minimum absolute atomic E-state index is 0.198. The van der Waals surface area contributed by atoms with Crippen LogP contribution in [0, 0.1) is 12.7 Å². The molecule has 6 heteroatoms. The summed E-state index contributed by atoms with van der Waals surface area (Å²) in [6.45, 7) is 3.05. The van der Waals surface area contributed by atoms with Crippen LogP contribution in [-0.2, 0) is 20.1 Å². The number of nitrogens with one attached hydrogen (secondary N) is 1. The molecule has 0 saturated carbocycles. The molecule has 1 heterocycles. The Bertz CT molecular complexity index is 596. The molecule has 1 aromatic heterocycles. The lowest BCUT2D eigenvalue weighted by Crippen LogP contribution is -2.16. The molecule has 0 aliphatic heterocycles. The standard InChI is InChI=1S/C13H14Br2FN3/c1-8-13(15)12(19(2)18-8)7-17-6-9-5-10(14)3-4-11(9)16/h3-5,17H,6-7H2,1-2H3. The maximum Gasteiger partial charge on any atom is 0.127 e. The highest BCUT2D eigenvalue weighted by atomic mass is 79.9. The van der Waals surface area contributed by atoms with Crippen molar-refractivity contribution in [3.63, 3.8) is 0 Å². The summed E-state index contributed by atoms with van der Waals surface area (Å²) in [6, 6.07) is 4.94. The van der Waals surface area contributed by atoms with Gasteiger partial charge in [-0.2, -0.15) is 5.10 Å². The smallest absolute Gasteiger partial charge is 0.127 e. The van der Waals surface area contributed by atoms with Crippen molar-refractivity contribution in [3.8, 4) is 0 Å². The van der Waals surface area contributed by atoms with E-state index in [1.165, 1.54) is 6.07 Å². The molecule has 0 unspecified atom stereocenters. The maximum absolute atomic E-state index is 13.6. The molecule has 0 bridgehead atoms. The molecule has 102 valence electrons. The van der Waals surface area contributed by atoms with Gasteiger partial charge in [0.15, 0.2) is 0 Å². The van der Waals surface area contributed by atoms with Crippen LogP contribution in [0.3, 0.4) is 0 Å². The minimum atomic E-state index is -0.198. The van der Waals surface area contributed by atoms with Crippen molar-refractivity contribution in [1.82, 2.24) is 15.1 Å². The van der Waals surface area contributed by atoms with Crippen molar-refractivity contribution < 1.29 is 4.39 Å². The summed E-state index contributed by atoms with van der Waals surface area (Å²) in [5, 5.41) is 7.55. The van der Waals surface area contributed by atoms with Gasteiger partial charge in [0.1, 0.15) is 5.82 Å². The van der Waals surface area contributed by atoms with E-state index in [-0.39, 0.29) is 5.82 Å². The Hall–Kier alpha value is -0.720. The van der Waals surface area contributed by atoms with Gasteiger partial charge in [0.25, 0.3) is 0 Å². The van der Waals surface area contributed by atoms with E-state index in [0.29, 0.717) is 18.7 Å². The molecule has 0 radical (unpaired) electrons. The molecule has 2 aromatic rings. The average molecular weight is 391 g/mol. The Labute approximate surface area is 128 Å². The summed E-state index contributed by atoms with van der Waals surface area (Å²) in [5.74, 6) is -0.198. The molecule has 3 nitrogen and oxygen atoms in total. The van der Waals surface area contributed by atoms with Gasteiger partial charge in [0.05, 0.1) is 15.9 Å². The molecule has 1 aromatic carbocycles. The largest absolute Gasteiger partial charge is 0.307 e. The first-order chi connectivity index (χ1) is 8.99. The Kier molecular flexibility index (Phi) is 4.76. The summed E-state index contributed by atoms with van der Waals surface area (Å²) >= 11 is 6.85. The minimum Gasteiger partial charge on any atom is -0.307 e. The van der Waals surface area contributed by atoms with Crippen LogP contribution in [0.5, 0.6) is 0 Å². The molecule has 19 heavy (non-hydrogen) atoms. The second-order valence-electron chi connectivity index (χ2n) is 4.31. The van der Waals surface area contributed by atoms with Crippen LogP contribution in [0.15, 0.2) is 27.1 Å². The van der Waals surface area contributed by atoms with Crippen LogP contribution >= 0.6 is 31.9 Å². The van der Waals surface area contributed by atoms with E-state index < -0.39 is 0 Å². The van der Waals surface area contributed by atoms with E-state index in [9.17, 15) is 4.39 Å². The summed E-state index contributed by atoms with van der Waals surface area (Å²) in [4.78, 5) is 0. The van der Waals surface area contributed by atoms with Gasteiger partial charge in [-0.15, -0.1) is 0 Å². The lowest BCUT2D eigenvalue weighted by molar-refractivity contribution is 0.575. The second-order valence-corrected chi connectivity index (χ2v) is 6.02. The molecular weight excluding hydrogens is 377 g/mol. The normalized spacial score (nSPS) is 11.0. The quantitative estimate of drug-likeness (QED) is 0.862. The third kappa shape index (κ3) is 3.43. The molecule has 1 N–H and O–H groups in total. The predicted octanol–water partition coefficient (Wildman–Crippen LogP) is 3.68. The Balaban J connectivity index is 2.02. The molecular formula is C13H14Br2FN3. The molecule has 2 rings (SSSR count). The molecule has 0 amide bonds. The fourth-order valence-corrected chi connectivity index (χ4v) is 2.75. The highest BCUT2D eigenvalue weighted by molar-refractivity contribution is 9.10. The number of aryl methyl sites for hydroxylation is 2. The second kappa shape index (κ2) is 6.15. The van der Waals surface area contributed by atoms with Crippen molar-refractivity contribution in [2.24, 2.45) is 7.05 Å². The van der Waals surface area contributed by atoms with E-state index in [1.807, 2.05) is 18.7 Å². The van der Waals surface area contributed by atoms with E-state index >= 15 is 0 Å². The summed E-state index contributed by atoms with van der Waals surface area (Å²) < 4.78 is 17.3. The predicted molar refractivity (Wildman–Crippen MR) is 80.3 cm³/mol. The SMILES string of the molecule is Cc1nn(C)c(CNCc2cc(Br)ccc2F)c1Br. The zero-order valence-corrected chi connectivity index (χ0v) is 13.8. The molecule has 0 aliphatic rings. The topological polar surface area (TPSA) is 29.9 Å². The van der Waals surface area contributed by atoms with Crippen LogP contribution < -0.4 is 5.32 Å². The number of hydrogen-bond acceptors (Lipinski definition) is 2. The first-order valence-corrected chi connectivity index (χ1v) is 7.40. The number of hydrogen-bond donors (Lipinski definition) is 1. The van der Waals surface area contributed by atoms with Gasteiger partial charge in [-0.1, -0.05) is 15.9 Å². The number of aromatic nitrogens is 2. The van der Waals surface area contributed by atoms with Crippen molar-refractivity contribution in [2.45, 2.75) is 20.0 Å². The van der Waals surface area contributed by atoms with E-state index in [2.05, 4.69) is 42.3 Å². The van der Waals surface area contributed by atoms with Crippen molar-refractivity contribution in [2.75, 3.05) is 0 Å². The summed E-state index contributed by atoms with van der Waals surface area (Å²) in [6.07, 6.45) is 0. The fraction of sp³-hybridized carbons (Fsp3) is 0.308. The van der Waals surface area contributed by atoms with Gasteiger partial charge in [-0.3, -0.25) is 4.68 Å². The number of nitrogens with zero attached hydrogens (tertiary/aromatic N) is 2. The lowest BCUT2D eigenvalue weighted by atomic mass is 10.2. The van der Waals surface area contributed by atoms with Crippen LogP contribution in [0.2, 0.25) is 0 Å². The monoisotopic (exact) mass is 389 g/mol. The molecule has 0 saturated heterocycles. The van der Waals surface area contributed by atoms with Crippen LogP contribution in [-0.4, -0.2) is 9.78 Å². The Morgan fingerprint density at radius 2 is 2.05 bits per heavy atom. The Morgan fingerprint density at radius 1 is 1.32 bits per heavy atom. The van der Waals surface area contributed by atoms with Crippen LogP contribution in [0.4, 0.5) is 4.39 Å². The summed E-state index contributed by atoms with van der Waals surface area (Å²) in [5.41, 5.74) is 2.64. The van der Waals surface area contributed by atoms with Gasteiger partial charge >= 0.3 is 0 Å². The third-order valence-corrected chi connectivity index (χ3v) is 4.40. The third-order valence-electron chi connectivity index (χ3n) is 2.88. The molecule has 0 aliphatic carbocycles. The van der Waals surface area contributed by atoms with Crippen LogP contribution in [0.1, 0.15) is 17.0 Å². The van der Waals surface area contributed by atoms with Crippen molar-refractivity contribution in [1.29, 1.82) is 0 Å². The molecule has 0 fully saturated rings. The van der Waals surface area contributed by atoms with E-state index in [0.717, 1.165) is 20.3 Å². The van der Waals surface area contributed by atoms with Crippen molar-refractivity contribution >= 4 is 31.9 Å². The first-order valence-electron chi connectivity index (χ1n) is 5.81. The highest BCUT2D eigenvalue weighted by Gasteiger charge is 2.10. The lowest BCUT2D eigenvalue weighted by Gasteiger charge is -2.07.